The molecule has 0 aromatic heterocycles. The van der Waals surface area contributed by atoms with Gasteiger partial charge in [0.25, 0.3) is 0 Å². The van der Waals surface area contributed by atoms with Crippen LogP contribution in [0.2, 0.25) is 0 Å². The Morgan fingerprint density at radius 2 is 2.07 bits per heavy atom. The molecule has 76 valence electrons. The molecule has 1 aromatic rings. The number of hydrogen-bond donors (Lipinski definition) is 1. The molecule has 0 fully saturated rings. The van der Waals surface area contributed by atoms with E-state index in [-0.39, 0.29) is 11.9 Å². The van der Waals surface area contributed by atoms with Crippen LogP contribution in [-0.2, 0) is 0 Å². The van der Waals surface area contributed by atoms with Gasteiger partial charge in [0.1, 0.15) is 11.5 Å². The lowest BCUT2D eigenvalue weighted by Crippen LogP contribution is -2.18. The van der Waals surface area contributed by atoms with Crippen molar-refractivity contribution in [3.8, 4) is 5.75 Å². The van der Waals surface area contributed by atoms with Crippen molar-refractivity contribution >= 4 is 0 Å². The van der Waals surface area contributed by atoms with Crippen molar-refractivity contribution in [2.45, 2.75) is 25.9 Å². The van der Waals surface area contributed by atoms with Crippen molar-refractivity contribution < 1.29 is 9.84 Å². The molecule has 1 N–H and O–H groups in total. The van der Waals surface area contributed by atoms with Crippen molar-refractivity contribution in [2.24, 2.45) is 0 Å². The van der Waals surface area contributed by atoms with Crippen LogP contribution in [0.5, 0.6) is 5.75 Å². The van der Waals surface area contributed by atoms with Crippen molar-refractivity contribution in [1.29, 1.82) is 0 Å². The highest BCUT2D eigenvalue weighted by molar-refractivity contribution is 5.22. The molecule has 0 saturated carbocycles. The third-order valence-electron chi connectivity index (χ3n) is 1.94. The van der Waals surface area contributed by atoms with E-state index in [1.54, 1.807) is 0 Å². The molecule has 1 atom stereocenters. The summed E-state index contributed by atoms with van der Waals surface area (Å²) in [5.74, 6) is 0.858. The fraction of sp³-hybridized carbons (Fsp3) is 0.333. The molecular formula is C12H16O2. The molecule has 14 heavy (non-hydrogen) atoms. The Morgan fingerprint density at radius 1 is 1.43 bits per heavy atom. The first-order valence-electron chi connectivity index (χ1n) is 4.83. The van der Waals surface area contributed by atoms with Gasteiger partial charge in [-0.15, -0.1) is 0 Å². The number of benzene rings is 1. The molecule has 0 aliphatic carbocycles. The predicted molar refractivity (Wildman–Crippen MR) is 57.5 cm³/mol. The zero-order chi connectivity index (χ0) is 10.4. The van der Waals surface area contributed by atoms with Crippen molar-refractivity contribution in [3.63, 3.8) is 0 Å². The first-order chi connectivity index (χ1) is 6.74. The van der Waals surface area contributed by atoms with Gasteiger partial charge < -0.3 is 9.84 Å². The molecule has 0 aliphatic rings. The fourth-order valence-corrected chi connectivity index (χ4v) is 1.22. The Morgan fingerprint density at radius 3 is 2.57 bits per heavy atom. The first kappa shape index (κ1) is 10.6. The van der Waals surface area contributed by atoms with Crippen LogP contribution in [0.1, 0.15) is 19.8 Å². The molecule has 0 aliphatic heterocycles. The summed E-state index contributed by atoms with van der Waals surface area (Å²) in [7, 11) is 0. The normalized spacial score (nSPS) is 12.1. The van der Waals surface area contributed by atoms with Crippen molar-refractivity contribution in [1.82, 2.24) is 0 Å². The minimum atomic E-state index is -0.289. The summed E-state index contributed by atoms with van der Waals surface area (Å²) >= 11 is 0. The largest absolute Gasteiger partial charge is 0.509 e. The van der Waals surface area contributed by atoms with Gasteiger partial charge >= 0.3 is 0 Å². The van der Waals surface area contributed by atoms with Gasteiger partial charge in [0.2, 0.25) is 0 Å². The van der Waals surface area contributed by atoms with Gasteiger partial charge in [-0.25, -0.2) is 0 Å². The summed E-state index contributed by atoms with van der Waals surface area (Å²) < 4.78 is 5.57. The van der Waals surface area contributed by atoms with E-state index in [1.807, 2.05) is 37.3 Å². The third kappa shape index (κ3) is 3.13. The number of aliphatic hydroxyl groups is 1. The standard InChI is InChI=1S/C12H16O2/c1-3-7-12(10(2)13)14-11-8-5-4-6-9-11/h4-6,8-9,12-13H,2-3,7H2,1H3. The maximum absolute atomic E-state index is 9.29. The van der Waals surface area contributed by atoms with E-state index in [1.165, 1.54) is 0 Å². The molecule has 1 unspecified atom stereocenters. The highest BCUT2D eigenvalue weighted by Crippen LogP contribution is 2.16. The Balaban J connectivity index is 2.60. The molecule has 0 saturated heterocycles. The summed E-state index contributed by atoms with van der Waals surface area (Å²) in [6, 6.07) is 9.46. The van der Waals surface area contributed by atoms with Crippen LogP contribution in [0, 0.1) is 0 Å². The molecule has 0 amide bonds. The summed E-state index contributed by atoms with van der Waals surface area (Å²) in [5, 5.41) is 9.29. The summed E-state index contributed by atoms with van der Waals surface area (Å²) in [4.78, 5) is 0. The zero-order valence-electron chi connectivity index (χ0n) is 8.44. The summed E-state index contributed by atoms with van der Waals surface area (Å²) in [6.45, 7) is 5.55. The van der Waals surface area contributed by atoms with Crippen LogP contribution in [-0.4, -0.2) is 11.2 Å². The van der Waals surface area contributed by atoms with E-state index < -0.39 is 0 Å². The van der Waals surface area contributed by atoms with Crippen molar-refractivity contribution in [2.75, 3.05) is 0 Å². The molecule has 0 bridgehead atoms. The number of aliphatic hydroxyl groups excluding tert-OH is 1. The van der Waals surface area contributed by atoms with Gasteiger partial charge in [0.05, 0.1) is 0 Å². The van der Waals surface area contributed by atoms with Crippen molar-refractivity contribution in [3.05, 3.63) is 42.7 Å². The third-order valence-corrected chi connectivity index (χ3v) is 1.94. The fourth-order valence-electron chi connectivity index (χ4n) is 1.22. The van der Waals surface area contributed by atoms with Crippen LogP contribution >= 0.6 is 0 Å². The van der Waals surface area contributed by atoms with E-state index in [9.17, 15) is 5.11 Å². The van der Waals surface area contributed by atoms with E-state index >= 15 is 0 Å². The van der Waals surface area contributed by atoms with Gasteiger partial charge in [-0.3, -0.25) is 0 Å². The number of rotatable bonds is 5. The second kappa shape index (κ2) is 5.32. The van der Waals surface area contributed by atoms with Crippen LogP contribution in [0.25, 0.3) is 0 Å². The molecule has 0 spiro atoms. The lowest BCUT2D eigenvalue weighted by Gasteiger charge is -2.16. The van der Waals surface area contributed by atoms with Crippen LogP contribution in [0.15, 0.2) is 42.7 Å². The summed E-state index contributed by atoms with van der Waals surface area (Å²) in [5.41, 5.74) is 0. The lowest BCUT2D eigenvalue weighted by molar-refractivity contribution is 0.167. The van der Waals surface area contributed by atoms with Gasteiger partial charge in [0.15, 0.2) is 6.10 Å². The molecule has 0 heterocycles. The Kier molecular flexibility index (Phi) is 4.05. The maximum atomic E-state index is 9.29. The maximum Gasteiger partial charge on any atom is 0.154 e. The topological polar surface area (TPSA) is 29.5 Å². The summed E-state index contributed by atoms with van der Waals surface area (Å²) in [6.07, 6.45) is 1.45. The van der Waals surface area contributed by atoms with E-state index in [4.69, 9.17) is 4.74 Å². The average Bonchev–Trinajstić information content (AvgIpc) is 2.18. The highest BCUT2D eigenvalue weighted by atomic mass is 16.5. The number of ether oxygens (including phenoxy) is 1. The van der Waals surface area contributed by atoms with E-state index in [0.29, 0.717) is 0 Å². The zero-order valence-corrected chi connectivity index (χ0v) is 8.44. The van der Waals surface area contributed by atoms with Gasteiger partial charge in [-0.1, -0.05) is 38.1 Å². The van der Waals surface area contributed by atoms with Gasteiger partial charge in [-0.05, 0) is 18.6 Å². The lowest BCUT2D eigenvalue weighted by atomic mass is 10.2. The minimum absolute atomic E-state index is 0.0932. The number of para-hydroxylation sites is 1. The Bertz CT molecular complexity index is 280. The molecular weight excluding hydrogens is 176 g/mol. The van der Waals surface area contributed by atoms with Crippen LogP contribution < -0.4 is 4.74 Å². The second-order valence-corrected chi connectivity index (χ2v) is 3.20. The molecule has 2 nitrogen and oxygen atoms in total. The quantitative estimate of drug-likeness (QED) is 0.725. The second-order valence-electron chi connectivity index (χ2n) is 3.20. The van der Waals surface area contributed by atoms with Gasteiger partial charge in [0, 0.05) is 0 Å². The smallest absolute Gasteiger partial charge is 0.154 e. The number of hydrogen-bond acceptors (Lipinski definition) is 2. The van der Waals surface area contributed by atoms with Crippen LogP contribution in [0.3, 0.4) is 0 Å². The van der Waals surface area contributed by atoms with Crippen LogP contribution in [0.4, 0.5) is 0 Å². The molecule has 0 radical (unpaired) electrons. The molecule has 2 heteroatoms. The predicted octanol–water partition coefficient (Wildman–Crippen LogP) is 3.31. The first-order valence-corrected chi connectivity index (χ1v) is 4.83. The van der Waals surface area contributed by atoms with E-state index in [0.717, 1.165) is 18.6 Å². The molecule has 1 rings (SSSR count). The SMILES string of the molecule is C=C(O)C(CCC)Oc1ccccc1. The van der Waals surface area contributed by atoms with Gasteiger partial charge in [-0.2, -0.15) is 0 Å². The average molecular weight is 192 g/mol. The monoisotopic (exact) mass is 192 g/mol. The Hall–Kier alpha value is -1.44. The highest BCUT2D eigenvalue weighted by Gasteiger charge is 2.11. The molecule has 1 aromatic carbocycles. The minimum Gasteiger partial charge on any atom is -0.509 e. The van der Waals surface area contributed by atoms with E-state index in [2.05, 4.69) is 6.58 Å². The Labute approximate surface area is 84.8 Å².